The SMILES string of the molecule is [3H]C(C=C(C)C=CC1=C(C)CCCC1(C)C)=C([3H])C(C)=CC(=O)O.[3H]C(C=CC=C)=C([3H])C=CC(=O)O. The number of hydrogen-bond acceptors (Lipinski definition) is 2. The Morgan fingerprint density at radius 3 is 2.24 bits per heavy atom. The summed E-state index contributed by atoms with van der Waals surface area (Å²) in [6.07, 6.45) is 16.4. The zero-order valence-electron chi connectivity index (χ0n) is 24.2. The highest BCUT2D eigenvalue weighted by Crippen LogP contribution is 2.40. The van der Waals surface area contributed by atoms with Crippen LogP contribution in [-0.4, -0.2) is 22.2 Å². The molecule has 0 radical (unpaired) electrons. The van der Waals surface area contributed by atoms with Gasteiger partial charge in [0.25, 0.3) is 0 Å². The summed E-state index contributed by atoms with van der Waals surface area (Å²) in [4.78, 5) is 20.7. The van der Waals surface area contributed by atoms with Crippen molar-refractivity contribution in [3.05, 3.63) is 108 Å². The monoisotopic (exact) mass is 458 g/mol. The van der Waals surface area contributed by atoms with Crippen molar-refractivity contribution in [1.29, 1.82) is 0 Å². The van der Waals surface area contributed by atoms with Crippen LogP contribution in [0.15, 0.2) is 108 Å². The summed E-state index contributed by atoms with van der Waals surface area (Å²) in [5.41, 5.74) is 4.07. The van der Waals surface area contributed by atoms with Crippen molar-refractivity contribution in [2.24, 2.45) is 5.41 Å². The highest BCUT2D eigenvalue weighted by atomic mass is 16.4. The van der Waals surface area contributed by atoms with Crippen LogP contribution in [0.1, 0.15) is 59.4 Å². The van der Waals surface area contributed by atoms with Gasteiger partial charge in [0.2, 0.25) is 0 Å². The Morgan fingerprint density at radius 1 is 1.00 bits per heavy atom. The fraction of sp³-hybridized carbons (Fsp3) is 0.310. The lowest BCUT2D eigenvalue weighted by Crippen LogP contribution is -2.19. The van der Waals surface area contributed by atoms with Crippen LogP contribution in [0.4, 0.5) is 0 Å². The molecule has 0 aromatic carbocycles. The smallest absolute Gasteiger partial charge is 0.328 e. The molecule has 4 heteroatoms. The van der Waals surface area contributed by atoms with E-state index in [1.165, 1.54) is 49.1 Å². The summed E-state index contributed by atoms with van der Waals surface area (Å²) >= 11 is 0. The van der Waals surface area contributed by atoms with E-state index in [0.29, 0.717) is 0 Å². The molecule has 0 aliphatic heterocycles. The Morgan fingerprint density at radius 2 is 1.67 bits per heavy atom. The first-order chi connectivity index (χ1) is 17.1. The number of allylic oxidation sites excluding steroid dienone is 15. The normalized spacial score (nSPS) is 20.3. The molecule has 4 nitrogen and oxygen atoms in total. The van der Waals surface area contributed by atoms with E-state index in [1.807, 2.05) is 13.0 Å². The molecule has 0 spiro atoms. The molecule has 1 aliphatic rings. The maximum absolute atomic E-state index is 10.7. The van der Waals surface area contributed by atoms with Crippen LogP contribution in [0, 0.1) is 5.41 Å². The van der Waals surface area contributed by atoms with E-state index >= 15 is 0 Å². The van der Waals surface area contributed by atoms with Gasteiger partial charge in [0.15, 0.2) is 0 Å². The first-order valence-corrected chi connectivity index (χ1v) is 10.7. The van der Waals surface area contributed by atoms with Crippen molar-refractivity contribution in [3.63, 3.8) is 0 Å². The summed E-state index contributed by atoms with van der Waals surface area (Å²) in [6.45, 7) is 13.5. The van der Waals surface area contributed by atoms with Gasteiger partial charge >= 0.3 is 11.9 Å². The Hall–Kier alpha value is -3.40. The second-order valence-corrected chi connectivity index (χ2v) is 8.14. The van der Waals surface area contributed by atoms with Crippen molar-refractivity contribution in [2.75, 3.05) is 0 Å². The lowest BCUT2D eigenvalue weighted by molar-refractivity contribution is -0.132. The van der Waals surface area contributed by atoms with Crippen LogP contribution in [0.3, 0.4) is 0 Å². The molecule has 0 amide bonds. The third-order valence-electron chi connectivity index (χ3n) is 4.67. The molecule has 33 heavy (non-hydrogen) atoms. The van der Waals surface area contributed by atoms with Gasteiger partial charge in [-0.05, 0) is 56.6 Å². The fourth-order valence-corrected chi connectivity index (χ4v) is 3.08. The van der Waals surface area contributed by atoms with Crippen LogP contribution >= 0.6 is 0 Å². The van der Waals surface area contributed by atoms with Crippen LogP contribution in [0.5, 0.6) is 0 Å². The Balaban J connectivity index is 0.000000845. The summed E-state index contributed by atoms with van der Waals surface area (Å²) < 4.78 is 30.3. The summed E-state index contributed by atoms with van der Waals surface area (Å²) in [6, 6.07) is -0.266. The molecule has 0 heterocycles. The highest BCUT2D eigenvalue weighted by molar-refractivity contribution is 5.81. The molecule has 1 aliphatic carbocycles. The van der Waals surface area contributed by atoms with Gasteiger partial charge in [-0.25, -0.2) is 9.59 Å². The first kappa shape index (κ1) is 22.8. The van der Waals surface area contributed by atoms with Gasteiger partial charge in [-0.1, -0.05) is 98.3 Å². The predicted molar refractivity (Wildman–Crippen MR) is 139 cm³/mol. The van der Waals surface area contributed by atoms with Crippen molar-refractivity contribution in [2.45, 2.75) is 53.9 Å². The zero-order chi connectivity index (χ0) is 28.8. The third-order valence-corrected chi connectivity index (χ3v) is 4.67. The number of hydrogen-bond donors (Lipinski definition) is 2. The van der Waals surface area contributed by atoms with Crippen molar-refractivity contribution in [1.82, 2.24) is 0 Å². The molecule has 0 aromatic heterocycles. The van der Waals surface area contributed by atoms with Gasteiger partial charge in [-0.15, -0.1) is 0 Å². The molecule has 178 valence electrons. The van der Waals surface area contributed by atoms with E-state index in [1.54, 1.807) is 6.08 Å². The molecule has 2 N–H and O–H groups in total. The van der Waals surface area contributed by atoms with Crippen LogP contribution in [0.25, 0.3) is 0 Å². The molecule has 1 rings (SSSR count). The van der Waals surface area contributed by atoms with Gasteiger partial charge in [-0.2, -0.15) is 0 Å². The minimum absolute atomic E-state index is 0.0146. The molecule has 0 saturated carbocycles. The average molecular weight is 459 g/mol. The first-order valence-electron chi connectivity index (χ1n) is 12.7. The van der Waals surface area contributed by atoms with Gasteiger partial charge < -0.3 is 10.2 Å². The lowest BCUT2D eigenvalue weighted by Gasteiger charge is -2.32. The number of carboxylic acids is 2. The Bertz CT molecular complexity index is 1110. The van der Waals surface area contributed by atoms with Crippen LogP contribution < -0.4 is 0 Å². The largest absolute Gasteiger partial charge is 0.478 e. The summed E-state index contributed by atoms with van der Waals surface area (Å²) in [5.74, 6) is -2.24. The standard InChI is InChI=1S/C20H28O2.C9H10O2/c1-15(8-6-9-16(2)14-19(21)22)11-12-18-17(3)10-7-13-20(18,4)5;1-2-3-4-5-6-7-8-9(10)11/h6,8-9,11-12,14H,7,10,13H2,1-5H3,(H,21,22);2-8H,1H2,(H,10,11)/i6T,9T;5T,6T. The minimum atomic E-state index is -1.13. The Kier molecular flexibility index (Phi) is 11.2. The van der Waals surface area contributed by atoms with Gasteiger partial charge in [0, 0.05) is 12.2 Å². The fourth-order valence-electron chi connectivity index (χ4n) is 3.08. The van der Waals surface area contributed by atoms with Gasteiger partial charge in [0.05, 0.1) is 5.48 Å². The summed E-state index contributed by atoms with van der Waals surface area (Å²) in [7, 11) is 0. The highest BCUT2D eigenvalue weighted by Gasteiger charge is 2.26. The van der Waals surface area contributed by atoms with E-state index in [0.717, 1.165) is 30.2 Å². The second-order valence-electron chi connectivity index (χ2n) is 8.14. The van der Waals surface area contributed by atoms with Crippen LogP contribution in [0.2, 0.25) is 0 Å². The van der Waals surface area contributed by atoms with E-state index in [2.05, 4.69) is 33.4 Å². The van der Waals surface area contributed by atoms with E-state index in [-0.39, 0.29) is 35.2 Å². The number of carbonyl (C=O) groups is 2. The molecule has 0 saturated heterocycles. The van der Waals surface area contributed by atoms with E-state index in [4.69, 9.17) is 15.7 Å². The van der Waals surface area contributed by atoms with Crippen molar-refractivity contribution >= 4 is 11.9 Å². The Labute approximate surface area is 204 Å². The number of carboxylic acid groups (broad SMARTS) is 2. The van der Waals surface area contributed by atoms with Gasteiger partial charge in [-0.3, -0.25) is 0 Å². The van der Waals surface area contributed by atoms with Crippen molar-refractivity contribution < 1.29 is 25.3 Å². The maximum atomic E-state index is 10.7. The van der Waals surface area contributed by atoms with Crippen LogP contribution in [-0.2, 0) is 9.59 Å². The predicted octanol–water partition coefficient (Wildman–Crippen LogP) is 7.53. The third kappa shape index (κ3) is 15.1. The summed E-state index contributed by atoms with van der Waals surface area (Å²) in [5, 5.41) is 17.0. The number of rotatable bonds is 9. The molecule has 0 aromatic rings. The van der Waals surface area contributed by atoms with Crippen molar-refractivity contribution in [3.8, 4) is 0 Å². The average Bonchev–Trinajstić information content (AvgIpc) is 2.79. The molecular weight excluding hydrogens is 412 g/mol. The second kappa shape index (κ2) is 16.3. The molecular formula is C29H38O4. The number of aliphatic carboxylic acids is 2. The maximum Gasteiger partial charge on any atom is 0.328 e. The zero-order valence-corrected chi connectivity index (χ0v) is 20.2. The molecule has 0 bridgehead atoms. The molecule has 0 atom stereocenters. The minimum Gasteiger partial charge on any atom is -0.478 e. The van der Waals surface area contributed by atoms with E-state index < -0.39 is 11.9 Å². The topological polar surface area (TPSA) is 74.6 Å². The quantitative estimate of drug-likeness (QED) is 0.277. The molecule has 0 unspecified atom stereocenters. The molecule has 0 fully saturated rings. The van der Waals surface area contributed by atoms with E-state index in [9.17, 15) is 9.59 Å². The lowest BCUT2D eigenvalue weighted by atomic mass is 9.72. The van der Waals surface area contributed by atoms with Gasteiger partial charge in [0.1, 0.15) is 0 Å².